The molecule has 1 aliphatic heterocycles. The summed E-state index contributed by atoms with van der Waals surface area (Å²) in [5.41, 5.74) is 2.82. The zero-order valence-corrected chi connectivity index (χ0v) is 11.4. The molecule has 1 aliphatic carbocycles. The highest BCUT2D eigenvalue weighted by Gasteiger charge is 2.55. The molecule has 0 radical (unpaired) electrons. The van der Waals surface area contributed by atoms with Gasteiger partial charge in [0.25, 0.3) is 0 Å². The summed E-state index contributed by atoms with van der Waals surface area (Å²) in [7, 11) is 0. The second kappa shape index (κ2) is 4.32. The maximum absolute atomic E-state index is 9.01. The fourth-order valence-corrected chi connectivity index (χ4v) is 3.49. The van der Waals surface area contributed by atoms with E-state index in [2.05, 4.69) is 15.6 Å². The molecular weight excluding hydrogens is 250 g/mol. The molecule has 20 heavy (non-hydrogen) atoms. The van der Waals surface area contributed by atoms with Crippen molar-refractivity contribution in [2.45, 2.75) is 50.4 Å². The topological polar surface area (TPSA) is 54.1 Å². The summed E-state index contributed by atoms with van der Waals surface area (Å²) in [6, 6.07) is 7.83. The van der Waals surface area contributed by atoms with Gasteiger partial charge in [-0.25, -0.2) is 4.98 Å². The molecule has 0 amide bonds. The van der Waals surface area contributed by atoms with E-state index in [0.717, 1.165) is 17.6 Å². The third kappa shape index (κ3) is 1.82. The summed E-state index contributed by atoms with van der Waals surface area (Å²) < 4.78 is 8.14. The lowest BCUT2D eigenvalue weighted by Crippen LogP contribution is -2.21. The molecular formula is C16H17N3O. The van der Waals surface area contributed by atoms with Crippen LogP contribution in [0, 0.1) is 11.3 Å². The number of epoxide rings is 1. The number of nitriles is 1. The summed E-state index contributed by atoms with van der Waals surface area (Å²) in [6.07, 6.45) is 8.52. The Morgan fingerprint density at radius 2 is 2.20 bits per heavy atom. The van der Waals surface area contributed by atoms with Gasteiger partial charge in [-0.3, -0.25) is 0 Å². The van der Waals surface area contributed by atoms with Gasteiger partial charge in [-0.15, -0.1) is 0 Å². The van der Waals surface area contributed by atoms with Gasteiger partial charge in [-0.1, -0.05) is 19.3 Å². The zero-order chi connectivity index (χ0) is 13.6. The fourth-order valence-electron chi connectivity index (χ4n) is 3.49. The average Bonchev–Trinajstić information content (AvgIpc) is 2.97. The Kier molecular flexibility index (Phi) is 2.58. The van der Waals surface area contributed by atoms with Gasteiger partial charge in [-0.2, -0.15) is 5.26 Å². The van der Waals surface area contributed by atoms with Crippen LogP contribution in [0.25, 0.3) is 11.0 Å². The highest BCUT2D eigenvalue weighted by Crippen LogP contribution is 2.48. The van der Waals surface area contributed by atoms with Gasteiger partial charge in [0, 0.05) is 0 Å². The number of hydrogen-bond acceptors (Lipinski definition) is 3. The first-order valence-corrected chi connectivity index (χ1v) is 7.34. The van der Waals surface area contributed by atoms with Gasteiger partial charge in [0.1, 0.15) is 6.10 Å². The molecule has 1 aromatic heterocycles. The van der Waals surface area contributed by atoms with Crippen molar-refractivity contribution in [2.24, 2.45) is 0 Å². The fraction of sp³-hybridized carbons (Fsp3) is 0.500. The number of fused-ring (bicyclic) bond motifs is 1. The van der Waals surface area contributed by atoms with Gasteiger partial charge in [-0.05, 0) is 31.0 Å². The van der Waals surface area contributed by atoms with Crippen molar-refractivity contribution < 1.29 is 4.74 Å². The number of rotatable bonds is 2. The van der Waals surface area contributed by atoms with Crippen LogP contribution in [0.15, 0.2) is 24.5 Å². The minimum absolute atomic E-state index is 0.154. The van der Waals surface area contributed by atoms with E-state index in [1.165, 1.54) is 32.1 Å². The van der Waals surface area contributed by atoms with E-state index >= 15 is 0 Å². The lowest BCUT2D eigenvalue weighted by atomic mass is 9.86. The van der Waals surface area contributed by atoms with E-state index in [4.69, 9.17) is 10.00 Å². The van der Waals surface area contributed by atoms with Crippen LogP contribution in [0.3, 0.4) is 0 Å². The third-order valence-corrected chi connectivity index (χ3v) is 4.72. The molecule has 0 bridgehead atoms. The van der Waals surface area contributed by atoms with Gasteiger partial charge in [0.05, 0.1) is 41.1 Å². The molecule has 4 heteroatoms. The largest absolute Gasteiger partial charge is 0.364 e. The van der Waals surface area contributed by atoms with Crippen molar-refractivity contribution in [1.29, 1.82) is 5.26 Å². The monoisotopic (exact) mass is 267 g/mol. The molecule has 1 aromatic carbocycles. The Balaban J connectivity index is 1.59. The molecule has 0 N–H and O–H groups in total. The molecule has 2 aromatic rings. The minimum Gasteiger partial charge on any atom is -0.364 e. The number of ether oxygens (including phenoxy) is 1. The average molecular weight is 267 g/mol. The van der Waals surface area contributed by atoms with Crippen molar-refractivity contribution in [3.05, 3.63) is 30.1 Å². The molecule has 4 nitrogen and oxygen atoms in total. The van der Waals surface area contributed by atoms with Crippen molar-refractivity contribution in [3.8, 4) is 6.07 Å². The predicted molar refractivity (Wildman–Crippen MR) is 75.1 cm³/mol. The summed E-state index contributed by atoms with van der Waals surface area (Å²) in [5.74, 6) is 0. The maximum Gasteiger partial charge on any atom is 0.105 e. The third-order valence-electron chi connectivity index (χ3n) is 4.72. The molecule has 102 valence electrons. The van der Waals surface area contributed by atoms with Gasteiger partial charge in [0.15, 0.2) is 0 Å². The molecule has 1 saturated carbocycles. The molecule has 4 rings (SSSR count). The molecule has 1 atom stereocenters. The van der Waals surface area contributed by atoms with E-state index in [0.29, 0.717) is 11.7 Å². The van der Waals surface area contributed by atoms with Crippen LogP contribution in [0.4, 0.5) is 0 Å². The number of hydrogen-bond donors (Lipinski definition) is 0. The lowest BCUT2D eigenvalue weighted by Gasteiger charge is -2.18. The van der Waals surface area contributed by atoms with Crippen molar-refractivity contribution >= 4 is 11.0 Å². The van der Waals surface area contributed by atoms with Crippen LogP contribution in [0.5, 0.6) is 0 Å². The normalized spacial score (nSPS) is 23.9. The van der Waals surface area contributed by atoms with Crippen LogP contribution < -0.4 is 0 Å². The highest BCUT2D eigenvalue weighted by atomic mass is 16.6. The Labute approximate surface area is 118 Å². The van der Waals surface area contributed by atoms with Gasteiger partial charge in [0.2, 0.25) is 0 Å². The minimum atomic E-state index is 0.154. The first kappa shape index (κ1) is 11.9. The smallest absolute Gasteiger partial charge is 0.105 e. The van der Waals surface area contributed by atoms with Gasteiger partial charge < -0.3 is 9.30 Å². The van der Waals surface area contributed by atoms with Crippen LogP contribution >= 0.6 is 0 Å². The highest BCUT2D eigenvalue weighted by molar-refractivity contribution is 5.77. The molecule has 2 aliphatic rings. The second-order valence-electron chi connectivity index (χ2n) is 5.94. The van der Waals surface area contributed by atoms with Crippen molar-refractivity contribution in [1.82, 2.24) is 9.55 Å². The predicted octanol–water partition coefficient (Wildman–Crippen LogP) is 3.01. The number of aromatic nitrogens is 2. The Hall–Kier alpha value is -1.86. The maximum atomic E-state index is 9.01. The van der Waals surface area contributed by atoms with E-state index in [1.807, 2.05) is 24.5 Å². The Morgan fingerprint density at radius 1 is 1.35 bits per heavy atom. The van der Waals surface area contributed by atoms with Crippen LogP contribution in [0.1, 0.15) is 37.7 Å². The molecule has 0 unspecified atom stereocenters. The molecule has 1 saturated heterocycles. The van der Waals surface area contributed by atoms with Crippen LogP contribution in [0.2, 0.25) is 0 Å². The zero-order valence-electron chi connectivity index (χ0n) is 11.4. The lowest BCUT2D eigenvalue weighted by molar-refractivity contribution is 0.232. The van der Waals surface area contributed by atoms with Crippen LogP contribution in [-0.2, 0) is 11.3 Å². The van der Waals surface area contributed by atoms with Crippen molar-refractivity contribution in [2.75, 3.05) is 0 Å². The van der Waals surface area contributed by atoms with Crippen molar-refractivity contribution in [3.63, 3.8) is 0 Å². The van der Waals surface area contributed by atoms with E-state index < -0.39 is 0 Å². The summed E-state index contributed by atoms with van der Waals surface area (Å²) in [5, 5.41) is 9.01. The first-order valence-electron chi connectivity index (χ1n) is 7.34. The van der Waals surface area contributed by atoms with E-state index in [1.54, 1.807) is 0 Å². The number of nitrogens with zero attached hydrogens (tertiary/aromatic N) is 3. The molecule has 2 heterocycles. The summed E-state index contributed by atoms with van der Waals surface area (Å²) in [6.45, 7) is 0.853. The van der Waals surface area contributed by atoms with Crippen LogP contribution in [-0.4, -0.2) is 21.3 Å². The van der Waals surface area contributed by atoms with E-state index in [9.17, 15) is 0 Å². The molecule has 1 spiro atoms. The van der Waals surface area contributed by atoms with Gasteiger partial charge >= 0.3 is 0 Å². The number of benzene rings is 1. The Morgan fingerprint density at radius 3 is 3.00 bits per heavy atom. The Bertz CT molecular complexity index is 691. The SMILES string of the molecule is N#Cc1ccc2ncn(C[C@H]3OC34CCCCC4)c2c1. The summed E-state index contributed by atoms with van der Waals surface area (Å²) >= 11 is 0. The number of imidazole rings is 1. The second-order valence-corrected chi connectivity index (χ2v) is 5.94. The first-order chi connectivity index (χ1) is 9.81. The standard InChI is InChI=1S/C16H17N3O/c17-9-12-4-5-13-14(8-12)19(11-18-13)10-15-16(20-15)6-2-1-3-7-16/h4-5,8,11,15H,1-3,6-7,10H2/t15-/m1/s1. The molecule has 2 fully saturated rings. The summed E-state index contributed by atoms with van der Waals surface area (Å²) in [4.78, 5) is 4.41. The van der Waals surface area contributed by atoms with E-state index in [-0.39, 0.29) is 5.60 Å². The quantitative estimate of drug-likeness (QED) is 0.786.